The Morgan fingerprint density at radius 3 is 2.65 bits per heavy atom. The quantitative estimate of drug-likeness (QED) is 0.859. The Bertz CT molecular complexity index is 453. The number of carbonyl (C=O) groups excluding carboxylic acids is 1. The lowest BCUT2D eigenvalue weighted by atomic mass is 9.86. The van der Waals surface area contributed by atoms with E-state index in [0.29, 0.717) is 25.7 Å². The number of pyridine rings is 1. The zero-order valence-electron chi connectivity index (χ0n) is 11.4. The Hall–Kier alpha value is -1.91. The molecule has 1 aromatic heterocycles. The van der Waals surface area contributed by atoms with Crippen molar-refractivity contribution in [1.82, 2.24) is 10.3 Å². The van der Waals surface area contributed by atoms with Crippen LogP contribution < -0.4 is 5.32 Å². The second-order valence-electron chi connectivity index (χ2n) is 5.32. The molecule has 2 rings (SSSR count). The fourth-order valence-electron chi connectivity index (χ4n) is 2.59. The average Bonchev–Trinajstić information content (AvgIpc) is 2.47. The summed E-state index contributed by atoms with van der Waals surface area (Å²) in [6, 6.07) is 3.95. The number of amides is 1. The highest BCUT2D eigenvalue weighted by Gasteiger charge is 2.26. The van der Waals surface area contributed by atoms with Crippen LogP contribution in [0.3, 0.4) is 0 Å². The van der Waals surface area contributed by atoms with E-state index in [1.54, 1.807) is 12.4 Å². The maximum absolute atomic E-state index is 11.9. The third-order valence-electron chi connectivity index (χ3n) is 3.81. The zero-order valence-corrected chi connectivity index (χ0v) is 11.4. The highest BCUT2D eigenvalue weighted by atomic mass is 16.4. The Kier molecular flexibility index (Phi) is 5.09. The maximum Gasteiger partial charge on any atom is 0.306 e. The number of aryl methyl sites for hydroxylation is 1. The summed E-state index contributed by atoms with van der Waals surface area (Å²) in [7, 11) is 0. The van der Waals surface area contributed by atoms with Crippen molar-refractivity contribution in [2.75, 3.05) is 0 Å². The molecule has 0 atom stereocenters. The molecule has 1 heterocycles. The molecule has 1 fully saturated rings. The van der Waals surface area contributed by atoms with Gasteiger partial charge in [0.05, 0.1) is 5.92 Å². The molecule has 2 N–H and O–H groups in total. The van der Waals surface area contributed by atoms with Crippen molar-refractivity contribution in [3.63, 3.8) is 0 Å². The topological polar surface area (TPSA) is 79.3 Å². The summed E-state index contributed by atoms with van der Waals surface area (Å²) in [6.45, 7) is 0. The van der Waals surface area contributed by atoms with Gasteiger partial charge in [-0.15, -0.1) is 0 Å². The number of nitrogens with zero attached hydrogens (tertiary/aromatic N) is 1. The van der Waals surface area contributed by atoms with Gasteiger partial charge in [-0.3, -0.25) is 14.6 Å². The SMILES string of the molecule is O=C(CCc1cccnc1)NC1CCC(C(=O)O)CC1. The predicted molar refractivity (Wildman–Crippen MR) is 74.1 cm³/mol. The monoisotopic (exact) mass is 276 g/mol. The van der Waals surface area contributed by atoms with E-state index in [4.69, 9.17) is 5.11 Å². The van der Waals surface area contributed by atoms with Crippen LogP contribution in [0.5, 0.6) is 0 Å². The molecule has 5 nitrogen and oxygen atoms in total. The van der Waals surface area contributed by atoms with Gasteiger partial charge in [0.25, 0.3) is 0 Å². The molecular weight excluding hydrogens is 256 g/mol. The van der Waals surface area contributed by atoms with Crippen LogP contribution in [0.4, 0.5) is 0 Å². The van der Waals surface area contributed by atoms with E-state index < -0.39 is 5.97 Å². The second-order valence-corrected chi connectivity index (χ2v) is 5.32. The van der Waals surface area contributed by atoms with Crippen LogP contribution in [0.25, 0.3) is 0 Å². The first-order valence-electron chi connectivity index (χ1n) is 7.06. The molecule has 0 bridgehead atoms. The van der Waals surface area contributed by atoms with Gasteiger partial charge in [-0.1, -0.05) is 6.07 Å². The summed E-state index contributed by atoms with van der Waals surface area (Å²) in [6.07, 6.45) is 7.45. The first kappa shape index (κ1) is 14.5. The largest absolute Gasteiger partial charge is 0.481 e. The number of hydrogen-bond donors (Lipinski definition) is 2. The molecule has 1 aliphatic carbocycles. The molecule has 20 heavy (non-hydrogen) atoms. The fourth-order valence-corrected chi connectivity index (χ4v) is 2.59. The summed E-state index contributed by atoms with van der Waals surface area (Å²) < 4.78 is 0. The van der Waals surface area contributed by atoms with E-state index in [1.165, 1.54) is 0 Å². The third kappa shape index (κ3) is 4.33. The van der Waals surface area contributed by atoms with Crippen molar-refractivity contribution in [1.29, 1.82) is 0 Å². The molecule has 0 radical (unpaired) electrons. The van der Waals surface area contributed by atoms with Gasteiger partial charge in [0.1, 0.15) is 0 Å². The van der Waals surface area contributed by atoms with Crippen molar-refractivity contribution in [2.24, 2.45) is 5.92 Å². The zero-order chi connectivity index (χ0) is 14.4. The number of nitrogens with one attached hydrogen (secondary N) is 1. The van der Waals surface area contributed by atoms with Crippen molar-refractivity contribution < 1.29 is 14.7 Å². The summed E-state index contributed by atoms with van der Waals surface area (Å²) in [5, 5.41) is 11.9. The lowest BCUT2D eigenvalue weighted by Crippen LogP contribution is -2.38. The summed E-state index contributed by atoms with van der Waals surface area (Å²) in [5.41, 5.74) is 1.05. The second kappa shape index (κ2) is 7.03. The van der Waals surface area contributed by atoms with Crippen LogP contribution in [0.2, 0.25) is 0 Å². The van der Waals surface area contributed by atoms with E-state index in [2.05, 4.69) is 10.3 Å². The normalized spacial score (nSPS) is 22.2. The maximum atomic E-state index is 11.9. The highest BCUT2D eigenvalue weighted by molar-refractivity contribution is 5.76. The van der Waals surface area contributed by atoms with Crippen LogP contribution in [-0.4, -0.2) is 28.0 Å². The Morgan fingerprint density at radius 2 is 2.05 bits per heavy atom. The van der Waals surface area contributed by atoms with Crippen LogP contribution >= 0.6 is 0 Å². The van der Waals surface area contributed by atoms with Gasteiger partial charge in [-0.05, 0) is 43.7 Å². The first-order chi connectivity index (χ1) is 9.65. The molecule has 0 saturated heterocycles. The Balaban J connectivity index is 1.69. The van der Waals surface area contributed by atoms with E-state index >= 15 is 0 Å². The third-order valence-corrected chi connectivity index (χ3v) is 3.81. The number of carboxylic acids is 1. The predicted octanol–water partition coefficient (Wildman–Crippen LogP) is 1.77. The van der Waals surface area contributed by atoms with Gasteiger partial charge >= 0.3 is 5.97 Å². The van der Waals surface area contributed by atoms with Gasteiger partial charge in [0.15, 0.2) is 0 Å². The van der Waals surface area contributed by atoms with Crippen LogP contribution in [0.1, 0.15) is 37.7 Å². The van der Waals surface area contributed by atoms with Gasteiger partial charge in [-0.25, -0.2) is 0 Å². The molecule has 0 spiro atoms. The molecule has 1 saturated carbocycles. The van der Waals surface area contributed by atoms with E-state index in [-0.39, 0.29) is 17.9 Å². The van der Waals surface area contributed by atoms with E-state index in [1.807, 2.05) is 12.1 Å². The number of aromatic nitrogens is 1. The smallest absolute Gasteiger partial charge is 0.306 e. The number of aliphatic carboxylic acids is 1. The fraction of sp³-hybridized carbons (Fsp3) is 0.533. The molecule has 0 unspecified atom stereocenters. The number of carboxylic acid groups (broad SMARTS) is 1. The lowest BCUT2D eigenvalue weighted by molar-refractivity contribution is -0.142. The van der Waals surface area contributed by atoms with Crippen molar-refractivity contribution >= 4 is 11.9 Å². The minimum absolute atomic E-state index is 0.0348. The number of hydrogen-bond acceptors (Lipinski definition) is 3. The molecule has 1 amide bonds. The van der Waals surface area contributed by atoms with Crippen LogP contribution in [0.15, 0.2) is 24.5 Å². The molecule has 5 heteroatoms. The Labute approximate surface area is 118 Å². The van der Waals surface area contributed by atoms with Gasteiger partial charge in [-0.2, -0.15) is 0 Å². The molecule has 108 valence electrons. The van der Waals surface area contributed by atoms with E-state index in [9.17, 15) is 9.59 Å². The minimum Gasteiger partial charge on any atom is -0.481 e. The lowest BCUT2D eigenvalue weighted by Gasteiger charge is -2.26. The highest BCUT2D eigenvalue weighted by Crippen LogP contribution is 2.24. The van der Waals surface area contributed by atoms with E-state index in [0.717, 1.165) is 18.4 Å². The number of rotatable bonds is 5. The first-order valence-corrected chi connectivity index (χ1v) is 7.06. The van der Waals surface area contributed by atoms with Crippen molar-refractivity contribution in [3.05, 3.63) is 30.1 Å². The van der Waals surface area contributed by atoms with Crippen molar-refractivity contribution in [2.45, 2.75) is 44.6 Å². The van der Waals surface area contributed by atoms with Crippen LogP contribution in [-0.2, 0) is 16.0 Å². The standard InChI is InChI=1S/C15H20N2O3/c18-14(8-3-11-2-1-9-16-10-11)17-13-6-4-12(5-7-13)15(19)20/h1-2,9-10,12-13H,3-8H2,(H,17,18)(H,19,20). The minimum atomic E-state index is -0.716. The van der Waals surface area contributed by atoms with Gasteiger partial charge in [0.2, 0.25) is 5.91 Å². The van der Waals surface area contributed by atoms with Gasteiger partial charge in [0, 0.05) is 24.9 Å². The van der Waals surface area contributed by atoms with Crippen LogP contribution in [0, 0.1) is 5.92 Å². The molecule has 1 aromatic rings. The average molecular weight is 276 g/mol. The number of carbonyl (C=O) groups is 2. The van der Waals surface area contributed by atoms with Gasteiger partial charge < -0.3 is 10.4 Å². The molecule has 1 aliphatic rings. The summed E-state index contributed by atoms with van der Waals surface area (Å²) in [4.78, 5) is 26.7. The molecular formula is C15H20N2O3. The summed E-state index contributed by atoms with van der Waals surface area (Å²) >= 11 is 0. The Morgan fingerprint density at radius 1 is 1.30 bits per heavy atom. The molecule has 0 aliphatic heterocycles. The van der Waals surface area contributed by atoms with Crippen molar-refractivity contribution in [3.8, 4) is 0 Å². The molecule has 0 aromatic carbocycles. The summed E-state index contributed by atoms with van der Waals surface area (Å²) in [5.74, 6) is -0.919.